The van der Waals surface area contributed by atoms with Crippen molar-refractivity contribution in [1.29, 1.82) is 0 Å². The second kappa shape index (κ2) is 6.28. The number of aromatic amines is 1. The fraction of sp³-hybridized carbons (Fsp3) is 0.625. The zero-order valence-electron chi connectivity index (χ0n) is 14.1. The molecule has 2 N–H and O–H groups in total. The molecule has 0 amide bonds. The molecule has 3 rings (SSSR count). The molecule has 2 aromatic heterocycles. The number of hydrogen-bond donors (Lipinski definition) is 2. The summed E-state index contributed by atoms with van der Waals surface area (Å²) in [5.74, 6) is 0.383. The molecule has 0 bridgehead atoms. The largest absolute Gasteiger partial charge is 0.356 e. The van der Waals surface area contributed by atoms with Crippen LogP contribution in [0.5, 0.6) is 0 Å². The molecule has 0 aliphatic heterocycles. The molecule has 1 fully saturated rings. The Morgan fingerprint density at radius 3 is 2.54 bits per heavy atom. The number of fused-ring (bicyclic) bond motifs is 1. The number of rotatable bonds is 3. The van der Waals surface area contributed by atoms with Crippen molar-refractivity contribution in [1.82, 2.24) is 19.7 Å². The van der Waals surface area contributed by atoms with E-state index < -0.39 is 14.8 Å². The Morgan fingerprint density at radius 2 is 1.92 bits per heavy atom. The van der Waals surface area contributed by atoms with Gasteiger partial charge in [-0.15, -0.1) is 0 Å². The van der Waals surface area contributed by atoms with Gasteiger partial charge in [-0.2, -0.15) is 0 Å². The summed E-state index contributed by atoms with van der Waals surface area (Å²) in [5, 5.41) is 0.244. The highest BCUT2D eigenvalue weighted by Crippen LogP contribution is 2.34. The molecular weight excluding hydrogens is 348 g/mol. The Bertz CT molecular complexity index is 833. The lowest BCUT2D eigenvalue weighted by molar-refractivity contribution is 0.368. The standard InChI is InChI=1S/C16H23ClN4O2S/c1-16(2,3)24(22,23)21-11-6-4-10(5-7-11)12-8-13-14(19-12)9-18-15(17)20-13/h8-11,19,21H,4-7H2,1-3H3. The summed E-state index contributed by atoms with van der Waals surface area (Å²) in [6, 6.07) is 2.04. The van der Waals surface area contributed by atoms with Crippen LogP contribution in [0.4, 0.5) is 0 Å². The molecule has 0 radical (unpaired) electrons. The van der Waals surface area contributed by atoms with Crippen molar-refractivity contribution in [3.63, 3.8) is 0 Å². The van der Waals surface area contributed by atoms with Crippen LogP contribution in [0.2, 0.25) is 5.28 Å². The normalized spacial score (nSPS) is 22.8. The van der Waals surface area contributed by atoms with Crippen molar-refractivity contribution in [3.8, 4) is 0 Å². The Morgan fingerprint density at radius 1 is 1.25 bits per heavy atom. The van der Waals surface area contributed by atoms with Crippen LogP contribution in [0.15, 0.2) is 12.3 Å². The topological polar surface area (TPSA) is 87.7 Å². The lowest BCUT2D eigenvalue weighted by atomic mass is 9.84. The minimum absolute atomic E-state index is 0.0177. The summed E-state index contributed by atoms with van der Waals surface area (Å²) in [4.78, 5) is 11.6. The van der Waals surface area contributed by atoms with E-state index in [4.69, 9.17) is 11.6 Å². The molecule has 1 saturated carbocycles. The van der Waals surface area contributed by atoms with E-state index in [-0.39, 0.29) is 11.3 Å². The maximum Gasteiger partial charge on any atom is 0.223 e. The quantitative estimate of drug-likeness (QED) is 0.811. The molecule has 0 atom stereocenters. The highest BCUT2D eigenvalue weighted by molar-refractivity contribution is 7.90. The molecule has 24 heavy (non-hydrogen) atoms. The molecule has 1 aliphatic rings. The number of nitrogens with zero attached hydrogens (tertiary/aromatic N) is 2. The van der Waals surface area contributed by atoms with Gasteiger partial charge in [0.1, 0.15) is 0 Å². The molecule has 0 unspecified atom stereocenters. The molecule has 6 nitrogen and oxygen atoms in total. The van der Waals surface area contributed by atoms with E-state index >= 15 is 0 Å². The number of halogens is 1. The van der Waals surface area contributed by atoms with Crippen molar-refractivity contribution in [2.45, 2.75) is 63.2 Å². The van der Waals surface area contributed by atoms with Gasteiger partial charge in [-0.25, -0.2) is 23.1 Å². The van der Waals surface area contributed by atoms with Crippen molar-refractivity contribution < 1.29 is 8.42 Å². The summed E-state index contributed by atoms with van der Waals surface area (Å²) >= 11 is 5.83. The lowest BCUT2D eigenvalue weighted by Crippen LogP contribution is -2.45. The van der Waals surface area contributed by atoms with Gasteiger partial charge in [0, 0.05) is 11.7 Å². The van der Waals surface area contributed by atoms with Crippen molar-refractivity contribution in [2.75, 3.05) is 0 Å². The van der Waals surface area contributed by atoms with Crippen LogP contribution in [0.3, 0.4) is 0 Å². The highest BCUT2D eigenvalue weighted by atomic mass is 35.5. The van der Waals surface area contributed by atoms with Gasteiger partial charge in [0.25, 0.3) is 0 Å². The van der Waals surface area contributed by atoms with Crippen LogP contribution >= 0.6 is 11.6 Å². The van der Waals surface area contributed by atoms with E-state index in [2.05, 4.69) is 19.7 Å². The van der Waals surface area contributed by atoms with E-state index in [1.54, 1.807) is 27.0 Å². The average molecular weight is 371 g/mol. The van der Waals surface area contributed by atoms with Crippen LogP contribution < -0.4 is 4.72 Å². The first-order valence-corrected chi connectivity index (χ1v) is 10.0. The first-order chi connectivity index (χ1) is 11.2. The lowest BCUT2D eigenvalue weighted by Gasteiger charge is -2.31. The summed E-state index contributed by atoms with van der Waals surface area (Å²) in [6.07, 6.45) is 5.23. The van der Waals surface area contributed by atoms with E-state index in [0.717, 1.165) is 42.4 Å². The molecule has 1 aliphatic carbocycles. The van der Waals surface area contributed by atoms with Gasteiger partial charge in [-0.05, 0) is 70.0 Å². The summed E-state index contributed by atoms with van der Waals surface area (Å²) < 4.78 is 26.6. The summed E-state index contributed by atoms with van der Waals surface area (Å²) in [5.41, 5.74) is 2.82. The first kappa shape index (κ1) is 17.6. The predicted molar refractivity (Wildman–Crippen MR) is 95.7 cm³/mol. The van der Waals surface area contributed by atoms with Gasteiger partial charge in [0.2, 0.25) is 15.3 Å². The monoisotopic (exact) mass is 370 g/mol. The Kier molecular flexibility index (Phi) is 4.61. The Hall–Kier alpha value is -1.18. The number of sulfonamides is 1. The molecule has 0 aromatic carbocycles. The van der Waals surface area contributed by atoms with Gasteiger partial charge >= 0.3 is 0 Å². The van der Waals surface area contributed by atoms with E-state index in [9.17, 15) is 8.42 Å². The van der Waals surface area contributed by atoms with Gasteiger partial charge < -0.3 is 4.98 Å². The van der Waals surface area contributed by atoms with E-state index in [1.165, 1.54) is 0 Å². The average Bonchev–Trinajstić information content (AvgIpc) is 2.89. The molecule has 8 heteroatoms. The smallest absolute Gasteiger partial charge is 0.223 e. The van der Waals surface area contributed by atoms with Gasteiger partial charge in [-0.3, -0.25) is 0 Å². The number of H-pyrrole nitrogens is 1. The molecule has 0 spiro atoms. The van der Waals surface area contributed by atoms with Crippen LogP contribution in [0.1, 0.15) is 58.1 Å². The molecule has 0 saturated heterocycles. The van der Waals surface area contributed by atoms with E-state index in [1.807, 2.05) is 6.07 Å². The minimum Gasteiger partial charge on any atom is -0.356 e. The van der Waals surface area contributed by atoms with Gasteiger partial charge in [0.15, 0.2) is 0 Å². The number of nitrogens with one attached hydrogen (secondary N) is 2. The third-order valence-electron chi connectivity index (χ3n) is 4.66. The van der Waals surface area contributed by atoms with Crippen LogP contribution in [-0.2, 0) is 10.0 Å². The fourth-order valence-corrected chi connectivity index (χ4v) is 4.22. The van der Waals surface area contributed by atoms with E-state index in [0.29, 0.717) is 5.92 Å². The third-order valence-corrected chi connectivity index (χ3v) is 7.09. The second-order valence-electron chi connectivity index (χ2n) is 7.44. The minimum atomic E-state index is -3.30. The van der Waals surface area contributed by atoms with Gasteiger partial charge in [0.05, 0.1) is 22.0 Å². The van der Waals surface area contributed by atoms with Gasteiger partial charge in [-0.1, -0.05) is 0 Å². The van der Waals surface area contributed by atoms with Crippen molar-refractivity contribution >= 4 is 32.7 Å². The van der Waals surface area contributed by atoms with Crippen molar-refractivity contribution in [2.24, 2.45) is 0 Å². The second-order valence-corrected chi connectivity index (χ2v) is 10.3. The fourth-order valence-electron chi connectivity index (χ4n) is 3.06. The Balaban J connectivity index is 1.66. The zero-order valence-corrected chi connectivity index (χ0v) is 15.7. The van der Waals surface area contributed by atoms with Crippen LogP contribution in [0, 0.1) is 0 Å². The third kappa shape index (κ3) is 3.58. The number of aromatic nitrogens is 3. The zero-order chi connectivity index (χ0) is 17.5. The Labute approximate surface area is 147 Å². The van der Waals surface area contributed by atoms with Crippen LogP contribution in [-0.4, -0.2) is 34.2 Å². The predicted octanol–water partition coefficient (Wildman–Crippen LogP) is 3.36. The maximum atomic E-state index is 12.3. The molecular formula is C16H23ClN4O2S. The SMILES string of the molecule is CC(C)(C)S(=O)(=O)NC1CCC(c2cc3nc(Cl)ncc3[nH]2)CC1. The summed E-state index contributed by atoms with van der Waals surface area (Å²) in [6.45, 7) is 5.16. The summed E-state index contributed by atoms with van der Waals surface area (Å²) in [7, 11) is -3.30. The highest BCUT2D eigenvalue weighted by Gasteiger charge is 2.33. The van der Waals surface area contributed by atoms with Crippen molar-refractivity contribution in [3.05, 3.63) is 23.2 Å². The molecule has 2 heterocycles. The number of hydrogen-bond acceptors (Lipinski definition) is 4. The molecule has 2 aromatic rings. The molecule has 132 valence electrons. The first-order valence-electron chi connectivity index (χ1n) is 8.19. The van der Waals surface area contributed by atoms with Crippen LogP contribution in [0.25, 0.3) is 11.0 Å². The maximum absolute atomic E-state index is 12.3.